The largest absolute Gasteiger partial charge is 0.493 e. The molecule has 1 heterocycles. The number of rotatable bonds is 3. The second kappa shape index (κ2) is 4.29. The number of hydrogen-bond donors (Lipinski definition) is 1. The first-order valence-corrected chi connectivity index (χ1v) is 4.92. The molecule has 5 nitrogen and oxygen atoms in total. The van der Waals surface area contributed by atoms with Crippen LogP contribution in [0.2, 0.25) is 0 Å². The molecule has 0 bridgehead atoms. The van der Waals surface area contributed by atoms with Gasteiger partial charge in [-0.15, -0.1) is 0 Å². The van der Waals surface area contributed by atoms with E-state index in [4.69, 9.17) is 14.6 Å². The van der Waals surface area contributed by atoms with Gasteiger partial charge in [-0.3, -0.25) is 0 Å². The van der Waals surface area contributed by atoms with Crippen LogP contribution in [0.15, 0.2) is 24.4 Å². The topological polar surface area (TPSA) is 68.7 Å². The number of carbonyl (C=O) groups is 1. The minimum atomic E-state index is -1.07. The fraction of sp³-hybridized carbons (Fsp3) is 0.167. The third kappa shape index (κ3) is 1.75. The molecule has 1 N–H and O–H groups in total. The van der Waals surface area contributed by atoms with Gasteiger partial charge in [0.15, 0.2) is 17.2 Å². The van der Waals surface area contributed by atoms with Gasteiger partial charge in [-0.05, 0) is 18.2 Å². The summed E-state index contributed by atoms with van der Waals surface area (Å²) in [5.41, 5.74) is 0.00320. The lowest BCUT2D eigenvalue weighted by atomic mass is 10.1. The maximum Gasteiger partial charge on any atom is 0.355 e. The Balaban J connectivity index is 2.83. The average Bonchev–Trinajstić information content (AvgIpc) is 2.36. The van der Waals surface area contributed by atoms with Crippen molar-refractivity contribution in [3.05, 3.63) is 30.1 Å². The fourth-order valence-electron chi connectivity index (χ4n) is 1.75. The Hall–Kier alpha value is -2.30. The highest BCUT2D eigenvalue weighted by atomic mass is 16.5. The van der Waals surface area contributed by atoms with Crippen molar-refractivity contribution in [1.29, 1.82) is 0 Å². The smallest absolute Gasteiger partial charge is 0.355 e. The van der Waals surface area contributed by atoms with Gasteiger partial charge in [0, 0.05) is 17.0 Å². The van der Waals surface area contributed by atoms with Crippen molar-refractivity contribution in [2.45, 2.75) is 0 Å². The van der Waals surface area contributed by atoms with Gasteiger partial charge in [0.2, 0.25) is 0 Å². The minimum Gasteiger partial charge on any atom is -0.493 e. The Kier molecular flexibility index (Phi) is 2.82. The number of fused-ring (bicyclic) bond motifs is 1. The van der Waals surface area contributed by atoms with Crippen LogP contribution in [0.25, 0.3) is 10.8 Å². The molecule has 0 radical (unpaired) electrons. The lowest BCUT2D eigenvalue weighted by Gasteiger charge is -2.11. The first kappa shape index (κ1) is 11.2. The summed E-state index contributed by atoms with van der Waals surface area (Å²) in [5.74, 6) is 0.000240. The normalized spacial score (nSPS) is 10.2. The molecular formula is C12H11NO4. The van der Waals surface area contributed by atoms with Crippen molar-refractivity contribution < 1.29 is 19.4 Å². The Morgan fingerprint density at radius 3 is 2.53 bits per heavy atom. The zero-order valence-corrected chi connectivity index (χ0v) is 9.43. The lowest BCUT2D eigenvalue weighted by molar-refractivity contribution is 0.0693. The second-order valence-electron chi connectivity index (χ2n) is 3.36. The Morgan fingerprint density at radius 2 is 1.94 bits per heavy atom. The Morgan fingerprint density at radius 1 is 1.18 bits per heavy atom. The predicted molar refractivity (Wildman–Crippen MR) is 61.8 cm³/mol. The van der Waals surface area contributed by atoms with Crippen LogP contribution in [0.5, 0.6) is 11.5 Å². The van der Waals surface area contributed by atoms with E-state index in [1.54, 1.807) is 18.2 Å². The summed E-state index contributed by atoms with van der Waals surface area (Å²) in [7, 11) is 3.04. The molecule has 0 atom stereocenters. The summed E-state index contributed by atoms with van der Waals surface area (Å²) in [4.78, 5) is 14.9. The van der Waals surface area contributed by atoms with E-state index in [0.717, 1.165) is 0 Å². The van der Waals surface area contributed by atoms with Gasteiger partial charge in [0.25, 0.3) is 0 Å². The molecule has 1 aromatic heterocycles. The number of benzene rings is 1. The third-order valence-corrected chi connectivity index (χ3v) is 2.49. The van der Waals surface area contributed by atoms with Crippen LogP contribution in [0.1, 0.15) is 10.5 Å². The van der Waals surface area contributed by atoms with Crippen molar-refractivity contribution in [2.24, 2.45) is 0 Å². The van der Waals surface area contributed by atoms with Gasteiger partial charge in [-0.25, -0.2) is 9.78 Å². The van der Waals surface area contributed by atoms with Crippen LogP contribution in [0, 0.1) is 0 Å². The van der Waals surface area contributed by atoms with Crippen LogP contribution in [0.4, 0.5) is 0 Å². The minimum absolute atomic E-state index is 0.00320. The van der Waals surface area contributed by atoms with E-state index >= 15 is 0 Å². The van der Waals surface area contributed by atoms with E-state index in [1.807, 2.05) is 0 Å². The molecule has 0 aliphatic heterocycles. The maximum absolute atomic E-state index is 11.0. The molecule has 88 valence electrons. The van der Waals surface area contributed by atoms with Gasteiger partial charge in [0.1, 0.15) is 0 Å². The highest BCUT2D eigenvalue weighted by Crippen LogP contribution is 2.35. The molecule has 0 saturated carbocycles. The Labute approximate surface area is 97.6 Å². The second-order valence-corrected chi connectivity index (χ2v) is 3.36. The molecule has 0 spiro atoms. The molecule has 2 aromatic rings. The van der Waals surface area contributed by atoms with Crippen LogP contribution in [-0.2, 0) is 0 Å². The Bertz CT molecular complexity index is 580. The fourth-order valence-corrected chi connectivity index (χ4v) is 1.75. The van der Waals surface area contributed by atoms with Gasteiger partial charge in [-0.2, -0.15) is 0 Å². The highest BCUT2D eigenvalue weighted by Gasteiger charge is 2.15. The summed E-state index contributed by atoms with van der Waals surface area (Å²) >= 11 is 0. The van der Waals surface area contributed by atoms with E-state index in [1.165, 1.54) is 20.4 Å². The SMILES string of the molecule is COc1ccc2c(C(=O)O)nccc2c1OC. The first-order valence-electron chi connectivity index (χ1n) is 4.92. The van der Waals surface area contributed by atoms with E-state index < -0.39 is 5.97 Å². The molecule has 0 saturated heterocycles. The molecule has 2 rings (SSSR count). The molecule has 0 amide bonds. The zero-order chi connectivity index (χ0) is 12.4. The van der Waals surface area contributed by atoms with Crippen molar-refractivity contribution in [3.8, 4) is 11.5 Å². The van der Waals surface area contributed by atoms with Crippen molar-refractivity contribution in [1.82, 2.24) is 4.98 Å². The lowest BCUT2D eigenvalue weighted by Crippen LogP contribution is -2.02. The van der Waals surface area contributed by atoms with Crippen LogP contribution in [-0.4, -0.2) is 30.3 Å². The number of hydrogen-bond acceptors (Lipinski definition) is 4. The third-order valence-electron chi connectivity index (χ3n) is 2.49. The van der Waals surface area contributed by atoms with Gasteiger partial charge in [-0.1, -0.05) is 0 Å². The number of carboxylic acids is 1. The summed E-state index contributed by atoms with van der Waals surface area (Å²) in [6.07, 6.45) is 1.44. The standard InChI is InChI=1S/C12H11NO4/c1-16-9-4-3-7-8(11(9)17-2)5-6-13-10(7)12(14)15/h3-6H,1-2H3,(H,14,15). The molecule has 0 fully saturated rings. The predicted octanol–water partition coefficient (Wildman–Crippen LogP) is 1.95. The average molecular weight is 233 g/mol. The van der Waals surface area contributed by atoms with Crippen molar-refractivity contribution >= 4 is 16.7 Å². The highest BCUT2D eigenvalue weighted by molar-refractivity contribution is 6.04. The summed E-state index contributed by atoms with van der Waals surface area (Å²) < 4.78 is 10.4. The van der Waals surface area contributed by atoms with E-state index in [9.17, 15) is 4.79 Å². The molecule has 0 aliphatic rings. The van der Waals surface area contributed by atoms with Gasteiger partial charge in [0.05, 0.1) is 14.2 Å². The van der Waals surface area contributed by atoms with E-state index in [0.29, 0.717) is 22.3 Å². The van der Waals surface area contributed by atoms with Gasteiger partial charge < -0.3 is 14.6 Å². The summed E-state index contributed by atoms with van der Waals surface area (Å²) in [6.45, 7) is 0. The first-order chi connectivity index (χ1) is 8.19. The summed E-state index contributed by atoms with van der Waals surface area (Å²) in [6, 6.07) is 5.02. The van der Waals surface area contributed by atoms with Crippen molar-refractivity contribution in [2.75, 3.05) is 14.2 Å². The van der Waals surface area contributed by atoms with Crippen LogP contribution >= 0.6 is 0 Å². The molecule has 1 aromatic carbocycles. The molecule has 17 heavy (non-hydrogen) atoms. The number of ether oxygens (including phenoxy) is 2. The molecular weight excluding hydrogens is 222 g/mol. The number of nitrogens with zero attached hydrogens (tertiary/aromatic N) is 1. The molecule has 0 unspecified atom stereocenters. The zero-order valence-electron chi connectivity index (χ0n) is 9.43. The number of aromatic carboxylic acids is 1. The van der Waals surface area contributed by atoms with E-state index in [-0.39, 0.29) is 5.69 Å². The number of methoxy groups -OCH3 is 2. The maximum atomic E-state index is 11.0. The van der Waals surface area contributed by atoms with E-state index in [2.05, 4.69) is 4.98 Å². The number of pyridine rings is 1. The number of aromatic nitrogens is 1. The molecule has 5 heteroatoms. The number of carboxylic acid groups (broad SMARTS) is 1. The van der Waals surface area contributed by atoms with Crippen LogP contribution in [0.3, 0.4) is 0 Å². The summed E-state index contributed by atoms with van der Waals surface area (Å²) in [5, 5.41) is 10.2. The monoisotopic (exact) mass is 233 g/mol. The molecule has 0 aliphatic carbocycles. The van der Waals surface area contributed by atoms with Crippen LogP contribution < -0.4 is 9.47 Å². The quantitative estimate of drug-likeness (QED) is 0.877. The van der Waals surface area contributed by atoms with Gasteiger partial charge >= 0.3 is 5.97 Å². The van der Waals surface area contributed by atoms with Crippen molar-refractivity contribution in [3.63, 3.8) is 0 Å².